The van der Waals surface area contributed by atoms with Crippen molar-refractivity contribution in [1.82, 2.24) is 9.88 Å². The van der Waals surface area contributed by atoms with E-state index in [9.17, 15) is 18.0 Å². The van der Waals surface area contributed by atoms with Gasteiger partial charge in [-0.1, -0.05) is 12.1 Å². The highest BCUT2D eigenvalue weighted by atomic mass is 19.1. The van der Waals surface area contributed by atoms with Crippen molar-refractivity contribution in [1.29, 1.82) is 0 Å². The van der Waals surface area contributed by atoms with Crippen LogP contribution < -0.4 is 5.32 Å². The summed E-state index contributed by atoms with van der Waals surface area (Å²) in [6.07, 6.45) is 1.44. The summed E-state index contributed by atoms with van der Waals surface area (Å²) in [6.45, 7) is 0.510. The van der Waals surface area contributed by atoms with Crippen molar-refractivity contribution >= 4 is 22.8 Å². The van der Waals surface area contributed by atoms with Crippen molar-refractivity contribution in [3.8, 4) is 11.1 Å². The van der Waals surface area contributed by atoms with Gasteiger partial charge in [-0.15, -0.1) is 0 Å². The van der Waals surface area contributed by atoms with E-state index in [4.69, 9.17) is 4.42 Å². The number of likely N-dealkylation sites (tertiary alicyclic amines) is 1. The summed E-state index contributed by atoms with van der Waals surface area (Å²) in [4.78, 5) is 18.9. The summed E-state index contributed by atoms with van der Waals surface area (Å²) in [6, 6.07) is 13.4. The van der Waals surface area contributed by atoms with Crippen molar-refractivity contribution in [2.75, 3.05) is 11.9 Å². The molecule has 0 spiro atoms. The fourth-order valence-electron chi connectivity index (χ4n) is 4.01. The minimum atomic E-state index is -0.663. The number of rotatable bonds is 3. The number of aromatic nitrogens is 1. The molecule has 1 aliphatic rings. The fourth-order valence-corrected chi connectivity index (χ4v) is 4.01. The average Bonchev–Trinajstić information content (AvgIpc) is 3.40. The lowest BCUT2D eigenvalue weighted by molar-refractivity contribution is 0.199. The van der Waals surface area contributed by atoms with Crippen molar-refractivity contribution in [3.05, 3.63) is 84.0 Å². The topological polar surface area (TPSA) is 58.4 Å². The van der Waals surface area contributed by atoms with Crippen LogP contribution in [0.2, 0.25) is 0 Å². The van der Waals surface area contributed by atoms with Gasteiger partial charge in [-0.3, -0.25) is 0 Å². The van der Waals surface area contributed by atoms with Gasteiger partial charge >= 0.3 is 6.03 Å². The molecule has 0 aliphatic carbocycles. The highest BCUT2D eigenvalue weighted by Crippen LogP contribution is 2.35. The van der Waals surface area contributed by atoms with Crippen LogP contribution in [0.1, 0.15) is 24.8 Å². The first-order chi connectivity index (χ1) is 15.5. The third kappa shape index (κ3) is 3.79. The molecule has 4 aromatic rings. The van der Waals surface area contributed by atoms with Crippen LogP contribution in [0.3, 0.4) is 0 Å². The van der Waals surface area contributed by atoms with Gasteiger partial charge in [0.25, 0.3) is 0 Å². The first kappa shape index (κ1) is 20.1. The lowest BCUT2D eigenvalue weighted by Gasteiger charge is -2.22. The van der Waals surface area contributed by atoms with Crippen LogP contribution in [0.4, 0.5) is 23.7 Å². The maximum Gasteiger partial charge on any atom is 0.322 e. The SMILES string of the molecule is O=C(Nc1cccc(F)c1)N1CCC[C@H]1c1nc2cc(-c3ccc(F)cc3F)ccc2o1. The number of carbonyl (C=O) groups excluding carboxylic acids is 1. The number of nitrogens with one attached hydrogen (secondary N) is 1. The maximum atomic E-state index is 14.2. The van der Waals surface area contributed by atoms with E-state index >= 15 is 0 Å². The number of urea groups is 1. The number of amides is 2. The van der Waals surface area contributed by atoms with E-state index in [-0.39, 0.29) is 17.6 Å². The highest BCUT2D eigenvalue weighted by Gasteiger charge is 2.33. The number of benzene rings is 3. The van der Waals surface area contributed by atoms with Crippen LogP contribution in [0.5, 0.6) is 0 Å². The van der Waals surface area contributed by atoms with E-state index in [0.29, 0.717) is 41.2 Å². The highest BCUT2D eigenvalue weighted by molar-refractivity contribution is 5.90. The molecule has 2 amide bonds. The standard InChI is InChI=1S/C24H18F3N3O2/c25-15-3-1-4-17(12-15)28-24(31)30-10-2-5-21(30)23-29-20-11-14(6-9-22(20)32-23)18-8-7-16(26)13-19(18)27/h1,3-4,6-9,11-13,21H,2,5,10H2,(H,28,31)/t21-/m0/s1. The predicted octanol–water partition coefficient (Wildman–Crippen LogP) is 6.28. The van der Waals surface area contributed by atoms with Gasteiger partial charge in [0.1, 0.15) is 29.0 Å². The van der Waals surface area contributed by atoms with Crippen LogP contribution in [0.25, 0.3) is 22.2 Å². The summed E-state index contributed by atoms with van der Waals surface area (Å²) < 4.78 is 46.7. The lowest BCUT2D eigenvalue weighted by atomic mass is 10.0. The minimum absolute atomic E-state index is 0.259. The predicted molar refractivity (Wildman–Crippen MR) is 113 cm³/mol. The lowest BCUT2D eigenvalue weighted by Crippen LogP contribution is -2.34. The molecule has 8 heteroatoms. The first-order valence-corrected chi connectivity index (χ1v) is 10.2. The Hall–Kier alpha value is -3.81. The molecule has 0 radical (unpaired) electrons. The monoisotopic (exact) mass is 437 g/mol. The quantitative estimate of drug-likeness (QED) is 0.410. The van der Waals surface area contributed by atoms with Crippen molar-refractivity contribution < 1.29 is 22.4 Å². The van der Waals surface area contributed by atoms with Crippen molar-refractivity contribution in [3.63, 3.8) is 0 Å². The molecule has 0 bridgehead atoms. The van der Waals surface area contributed by atoms with Crippen molar-refractivity contribution in [2.24, 2.45) is 0 Å². The van der Waals surface area contributed by atoms with Gasteiger partial charge in [-0.05, 0) is 60.9 Å². The molecule has 162 valence electrons. The fraction of sp³-hybridized carbons (Fsp3) is 0.167. The number of carbonyl (C=O) groups is 1. The molecule has 1 N–H and O–H groups in total. The molecule has 1 saturated heterocycles. The van der Waals surface area contributed by atoms with Gasteiger partial charge < -0.3 is 14.6 Å². The van der Waals surface area contributed by atoms with Gasteiger partial charge in [-0.25, -0.2) is 22.9 Å². The van der Waals surface area contributed by atoms with E-state index in [1.807, 2.05) is 0 Å². The number of oxazole rings is 1. The molecule has 0 unspecified atom stereocenters. The number of hydrogen-bond acceptors (Lipinski definition) is 3. The Labute approximate surface area is 181 Å². The second-order valence-electron chi connectivity index (χ2n) is 7.65. The van der Waals surface area contributed by atoms with Gasteiger partial charge in [0, 0.05) is 23.9 Å². The Kier molecular flexibility index (Phi) is 5.05. The summed E-state index contributed by atoms with van der Waals surface area (Å²) in [5.74, 6) is -1.37. The van der Waals surface area contributed by atoms with Gasteiger partial charge in [0.2, 0.25) is 5.89 Å². The third-order valence-electron chi connectivity index (χ3n) is 5.52. The van der Waals surface area contributed by atoms with Crippen molar-refractivity contribution in [2.45, 2.75) is 18.9 Å². The van der Waals surface area contributed by atoms with Crippen LogP contribution >= 0.6 is 0 Å². The Morgan fingerprint density at radius 1 is 1.03 bits per heavy atom. The number of fused-ring (bicyclic) bond motifs is 1. The molecule has 1 atom stereocenters. The normalized spacial score (nSPS) is 16.0. The molecule has 5 rings (SSSR count). The molecule has 5 nitrogen and oxygen atoms in total. The second-order valence-corrected chi connectivity index (χ2v) is 7.65. The molecule has 1 aliphatic heterocycles. The zero-order chi connectivity index (χ0) is 22.2. The van der Waals surface area contributed by atoms with E-state index in [0.717, 1.165) is 12.5 Å². The molecular formula is C24H18F3N3O2. The molecular weight excluding hydrogens is 419 g/mol. The van der Waals surface area contributed by atoms with Gasteiger partial charge in [0.05, 0.1) is 0 Å². The summed E-state index contributed by atoms with van der Waals surface area (Å²) in [5.41, 5.74) is 2.18. The van der Waals surface area contributed by atoms with Crippen LogP contribution in [0, 0.1) is 17.5 Å². The number of anilines is 1. The minimum Gasteiger partial charge on any atom is -0.438 e. The Morgan fingerprint density at radius 3 is 2.69 bits per heavy atom. The Morgan fingerprint density at radius 2 is 1.88 bits per heavy atom. The van der Waals surface area contributed by atoms with E-state index < -0.39 is 17.5 Å². The van der Waals surface area contributed by atoms with Crippen LogP contribution in [-0.4, -0.2) is 22.5 Å². The molecule has 0 saturated carbocycles. The zero-order valence-corrected chi connectivity index (χ0v) is 16.8. The van der Waals surface area contributed by atoms with Gasteiger partial charge in [-0.2, -0.15) is 0 Å². The molecule has 1 fully saturated rings. The summed E-state index contributed by atoms with van der Waals surface area (Å²) in [5, 5.41) is 2.70. The largest absolute Gasteiger partial charge is 0.438 e. The average molecular weight is 437 g/mol. The van der Waals surface area contributed by atoms with Crippen LogP contribution in [-0.2, 0) is 0 Å². The number of halogens is 3. The molecule has 2 heterocycles. The smallest absolute Gasteiger partial charge is 0.322 e. The molecule has 32 heavy (non-hydrogen) atoms. The molecule has 1 aromatic heterocycles. The zero-order valence-electron chi connectivity index (χ0n) is 16.8. The van der Waals surface area contributed by atoms with Gasteiger partial charge in [0.15, 0.2) is 5.58 Å². The van der Waals surface area contributed by atoms with Crippen LogP contribution in [0.15, 0.2) is 65.1 Å². The first-order valence-electron chi connectivity index (χ1n) is 10.2. The summed E-state index contributed by atoms with van der Waals surface area (Å²) >= 11 is 0. The van der Waals surface area contributed by atoms with E-state index in [1.54, 1.807) is 29.2 Å². The maximum absolute atomic E-state index is 14.2. The second kappa shape index (κ2) is 8.03. The number of nitrogens with zero attached hydrogens (tertiary/aromatic N) is 2. The molecule has 3 aromatic carbocycles. The summed E-state index contributed by atoms with van der Waals surface area (Å²) in [7, 11) is 0. The Balaban J connectivity index is 1.41. The third-order valence-corrected chi connectivity index (χ3v) is 5.52. The van der Waals surface area contributed by atoms with E-state index in [2.05, 4.69) is 10.3 Å². The number of hydrogen-bond donors (Lipinski definition) is 1. The Bertz CT molecular complexity index is 1320. The van der Waals surface area contributed by atoms with E-state index in [1.165, 1.54) is 30.3 Å².